The lowest BCUT2D eigenvalue weighted by Crippen LogP contribution is -2.29. The lowest BCUT2D eigenvalue weighted by Gasteiger charge is -2.34. The molecule has 0 bridgehead atoms. The third kappa shape index (κ3) is 5.04. The highest BCUT2D eigenvalue weighted by Gasteiger charge is 2.35. The number of carbonyl (C=O) groups is 1. The van der Waals surface area contributed by atoms with Gasteiger partial charge in [0.2, 0.25) is 0 Å². The van der Waals surface area contributed by atoms with Crippen molar-refractivity contribution in [3.05, 3.63) is 28.8 Å². The van der Waals surface area contributed by atoms with Gasteiger partial charge in [0, 0.05) is 0 Å². The van der Waals surface area contributed by atoms with Crippen molar-refractivity contribution in [3.8, 4) is 5.75 Å². The van der Waals surface area contributed by atoms with Gasteiger partial charge in [-0.15, -0.1) is 0 Å². The Morgan fingerprint density at radius 3 is 2.04 bits per heavy atom. The van der Waals surface area contributed by atoms with Crippen LogP contribution in [0, 0.1) is 5.92 Å². The molecule has 1 aliphatic rings. The van der Waals surface area contributed by atoms with E-state index < -0.39 is 0 Å². The smallest absolute Gasteiger partial charge is 0.309 e. The van der Waals surface area contributed by atoms with Crippen LogP contribution in [0.2, 0.25) is 0 Å². The zero-order valence-electron chi connectivity index (χ0n) is 17.8. The van der Waals surface area contributed by atoms with Gasteiger partial charge in [0.05, 0.1) is 12.5 Å². The molecule has 0 spiro atoms. The van der Waals surface area contributed by atoms with Crippen LogP contribution in [0.25, 0.3) is 0 Å². The minimum atomic E-state index is -0.212. The maximum Gasteiger partial charge on any atom is 0.309 e. The topological polar surface area (TPSA) is 66.8 Å². The van der Waals surface area contributed by atoms with Gasteiger partial charge in [0.1, 0.15) is 12.4 Å². The summed E-state index contributed by atoms with van der Waals surface area (Å²) in [5, 5.41) is 19.9. The molecule has 1 aromatic rings. The molecular weight excluding hydrogens is 340 g/mol. The predicted octanol–water partition coefficient (Wildman–Crippen LogP) is 4.80. The number of phenolic OH excluding ortho intramolecular Hbond substituents is 1. The molecule has 152 valence electrons. The summed E-state index contributed by atoms with van der Waals surface area (Å²) in [6.07, 6.45) is 3.86. The Kier molecular flexibility index (Phi) is 6.62. The summed E-state index contributed by atoms with van der Waals surface area (Å²) in [5.74, 6) is 0.0635. The first kappa shape index (κ1) is 21.7. The molecule has 0 aromatic heterocycles. The van der Waals surface area contributed by atoms with E-state index in [1.807, 2.05) is 0 Å². The van der Waals surface area contributed by atoms with E-state index in [-0.39, 0.29) is 41.8 Å². The molecule has 0 radical (unpaired) electrons. The maximum atomic E-state index is 12.6. The molecule has 1 saturated carbocycles. The lowest BCUT2D eigenvalue weighted by molar-refractivity contribution is -0.151. The van der Waals surface area contributed by atoms with Gasteiger partial charge in [-0.3, -0.25) is 4.79 Å². The van der Waals surface area contributed by atoms with Gasteiger partial charge in [0.25, 0.3) is 0 Å². The van der Waals surface area contributed by atoms with Crippen molar-refractivity contribution in [2.24, 2.45) is 5.92 Å². The Morgan fingerprint density at radius 2 is 1.56 bits per heavy atom. The third-order valence-corrected chi connectivity index (χ3v) is 5.58. The number of esters is 1. The lowest BCUT2D eigenvalue weighted by atomic mass is 9.71. The van der Waals surface area contributed by atoms with Crippen LogP contribution >= 0.6 is 0 Å². The molecule has 1 aliphatic carbocycles. The number of rotatable bonds is 4. The van der Waals surface area contributed by atoms with Crippen LogP contribution in [-0.2, 0) is 20.4 Å². The molecule has 2 unspecified atom stereocenters. The summed E-state index contributed by atoms with van der Waals surface area (Å²) >= 11 is 0. The molecule has 0 saturated heterocycles. The summed E-state index contributed by atoms with van der Waals surface area (Å²) in [7, 11) is 0. The van der Waals surface area contributed by atoms with Crippen molar-refractivity contribution >= 4 is 5.97 Å². The zero-order chi connectivity index (χ0) is 20.4. The molecular formula is C23H36O4. The van der Waals surface area contributed by atoms with E-state index in [0.29, 0.717) is 5.75 Å². The monoisotopic (exact) mass is 376 g/mol. The third-order valence-electron chi connectivity index (χ3n) is 5.58. The average molecular weight is 377 g/mol. The highest BCUT2D eigenvalue weighted by Crippen LogP contribution is 2.45. The van der Waals surface area contributed by atoms with Crippen molar-refractivity contribution in [3.63, 3.8) is 0 Å². The van der Waals surface area contributed by atoms with Gasteiger partial charge in [-0.05, 0) is 46.3 Å². The summed E-state index contributed by atoms with van der Waals surface area (Å²) in [6, 6.07) is 4.18. The maximum absolute atomic E-state index is 12.6. The SMILES string of the molecule is CC(C)(C)c1cc(C2CCCCC2C(=O)OCCO)cc(C(C)(C)C)c1O. The van der Waals surface area contributed by atoms with E-state index in [4.69, 9.17) is 9.84 Å². The quantitative estimate of drug-likeness (QED) is 0.741. The Bertz CT molecular complexity index is 629. The predicted molar refractivity (Wildman–Crippen MR) is 108 cm³/mol. The second-order valence-electron chi connectivity index (χ2n) is 9.85. The van der Waals surface area contributed by atoms with Crippen molar-refractivity contribution in [1.29, 1.82) is 0 Å². The van der Waals surface area contributed by atoms with Crippen LogP contribution in [0.3, 0.4) is 0 Å². The number of aliphatic hydroxyl groups is 1. The highest BCUT2D eigenvalue weighted by molar-refractivity contribution is 5.74. The van der Waals surface area contributed by atoms with Gasteiger partial charge < -0.3 is 14.9 Å². The van der Waals surface area contributed by atoms with Gasteiger partial charge in [-0.1, -0.05) is 66.5 Å². The van der Waals surface area contributed by atoms with Crippen molar-refractivity contribution < 1.29 is 19.7 Å². The summed E-state index contributed by atoms with van der Waals surface area (Å²) < 4.78 is 5.26. The second kappa shape index (κ2) is 8.22. The van der Waals surface area contributed by atoms with Crippen molar-refractivity contribution in [1.82, 2.24) is 0 Å². The second-order valence-corrected chi connectivity index (χ2v) is 9.85. The molecule has 1 fully saturated rings. The van der Waals surface area contributed by atoms with E-state index in [1.54, 1.807) is 0 Å². The number of aliphatic hydroxyl groups excluding tert-OH is 1. The standard InChI is InChI=1S/C23H36O4/c1-22(2,3)18-13-15(14-19(20(18)25)23(4,5)6)16-9-7-8-10-17(16)21(26)27-12-11-24/h13-14,16-17,24-25H,7-12H2,1-6H3. The van der Waals surface area contributed by atoms with Crippen LogP contribution in [0.1, 0.15) is 89.8 Å². The van der Waals surface area contributed by atoms with Crippen LogP contribution in [-0.4, -0.2) is 29.4 Å². The molecule has 2 rings (SSSR count). The molecule has 4 heteroatoms. The van der Waals surface area contributed by atoms with E-state index >= 15 is 0 Å². The van der Waals surface area contributed by atoms with Gasteiger partial charge in [-0.2, -0.15) is 0 Å². The number of phenols is 1. The van der Waals surface area contributed by atoms with Crippen molar-refractivity contribution in [2.75, 3.05) is 13.2 Å². The fourth-order valence-electron chi connectivity index (χ4n) is 4.08. The van der Waals surface area contributed by atoms with E-state index in [9.17, 15) is 9.90 Å². The minimum Gasteiger partial charge on any atom is -0.507 e. The Hall–Kier alpha value is -1.55. The average Bonchev–Trinajstić information content (AvgIpc) is 2.57. The number of hydrogen-bond donors (Lipinski definition) is 2. The molecule has 0 heterocycles. The number of benzene rings is 1. The molecule has 27 heavy (non-hydrogen) atoms. The Labute approximate surface area is 163 Å². The van der Waals surface area contributed by atoms with Crippen LogP contribution in [0.5, 0.6) is 5.75 Å². The fraction of sp³-hybridized carbons (Fsp3) is 0.696. The minimum absolute atomic E-state index is 0.0537. The van der Waals surface area contributed by atoms with E-state index in [2.05, 4.69) is 53.7 Å². The van der Waals surface area contributed by atoms with E-state index in [0.717, 1.165) is 42.4 Å². The number of aromatic hydroxyl groups is 1. The molecule has 2 N–H and O–H groups in total. The molecule has 1 aromatic carbocycles. The molecule has 2 atom stereocenters. The molecule has 0 aliphatic heterocycles. The first-order valence-corrected chi connectivity index (χ1v) is 10.1. The zero-order valence-corrected chi connectivity index (χ0v) is 17.8. The first-order chi connectivity index (χ1) is 12.5. The van der Waals surface area contributed by atoms with Gasteiger partial charge >= 0.3 is 5.97 Å². The highest BCUT2D eigenvalue weighted by atomic mass is 16.5. The number of hydrogen-bond acceptors (Lipinski definition) is 4. The Balaban J connectivity index is 2.53. The largest absolute Gasteiger partial charge is 0.507 e. The summed E-state index contributed by atoms with van der Waals surface area (Å²) in [5.41, 5.74) is 2.59. The molecule has 4 nitrogen and oxygen atoms in total. The van der Waals surface area contributed by atoms with Gasteiger partial charge in [-0.25, -0.2) is 0 Å². The summed E-state index contributed by atoms with van der Waals surface area (Å²) in [4.78, 5) is 12.6. The Morgan fingerprint density at radius 1 is 1.04 bits per heavy atom. The van der Waals surface area contributed by atoms with Crippen LogP contribution in [0.4, 0.5) is 0 Å². The van der Waals surface area contributed by atoms with Crippen molar-refractivity contribution in [2.45, 2.75) is 84.0 Å². The fourth-order valence-corrected chi connectivity index (χ4v) is 4.08. The number of carbonyl (C=O) groups excluding carboxylic acids is 1. The van der Waals surface area contributed by atoms with Crippen LogP contribution in [0.15, 0.2) is 12.1 Å². The van der Waals surface area contributed by atoms with Crippen LogP contribution < -0.4 is 0 Å². The van der Waals surface area contributed by atoms with Gasteiger partial charge in [0.15, 0.2) is 0 Å². The summed E-state index contributed by atoms with van der Waals surface area (Å²) in [6.45, 7) is 12.5. The van der Waals surface area contributed by atoms with E-state index in [1.165, 1.54) is 0 Å². The number of ether oxygens (including phenoxy) is 1. The molecule has 0 amide bonds. The first-order valence-electron chi connectivity index (χ1n) is 10.1. The normalized spacial score (nSPS) is 21.1.